The van der Waals surface area contributed by atoms with E-state index in [9.17, 15) is 0 Å². The van der Waals surface area contributed by atoms with Crippen molar-refractivity contribution < 1.29 is 18.9 Å². The van der Waals surface area contributed by atoms with Crippen LogP contribution in [-0.2, 0) is 32.5 Å². The molecular weight excluding hydrogens is 1590 g/mol. The van der Waals surface area contributed by atoms with E-state index in [2.05, 4.69) is 153 Å². The third-order valence-electron chi connectivity index (χ3n) is 18.9. The summed E-state index contributed by atoms with van der Waals surface area (Å²) in [5.41, 5.74) is 5.98. The Morgan fingerprint density at radius 2 is 0.519 bits per heavy atom. The second-order valence-electron chi connectivity index (χ2n) is 33.0. The Kier molecular flexibility index (Phi) is 20.1. The topological polar surface area (TPSA) is 146 Å². The largest absolute Gasteiger partial charge is 0.454 e. The van der Waals surface area contributed by atoms with E-state index in [0.29, 0.717) is 23.0 Å². The van der Waals surface area contributed by atoms with Gasteiger partial charge in [0.05, 0.1) is 84.0 Å². The molecule has 0 aliphatic carbocycles. The van der Waals surface area contributed by atoms with Gasteiger partial charge in [-0.15, -0.1) is 0 Å². The molecule has 0 saturated heterocycles. The van der Waals surface area contributed by atoms with Crippen molar-refractivity contribution >= 4 is 183 Å². The van der Waals surface area contributed by atoms with Gasteiger partial charge >= 0.3 is 0 Å². The lowest BCUT2D eigenvalue weighted by atomic mass is 9.80. The number of nitrogens with one attached hydrogen (secondary N) is 2. The van der Waals surface area contributed by atoms with Crippen molar-refractivity contribution in [1.29, 1.82) is 0 Å². The molecule has 0 spiro atoms. The highest BCUT2D eigenvalue weighted by Gasteiger charge is 2.38. The molecule has 3 aromatic heterocycles. The molecule has 0 unspecified atom stereocenters. The Balaban J connectivity index is 1.19. The fraction of sp³-hybridized carbons (Fsp3) is 0.317. The van der Waals surface area contributed by atoms with Crippen molar-refractivity contribution in [2.45, 2.75) is 171 Å². The molecule has 0 saturated carbocycles. The number of hydrogen-bond acceptors (Lipinski definition) is 10. The van der Waals surface area contributed by atoms with Crippen molar-refractivity contribution in [2.75, 3.05) is 0 Å². The van der Waals surface area contributed by atoms with Crippen LogP contribution in [0, 0.1) is 13.8 Å². The van der Waals surface area contributed by atoms with Gasteiger partial charge in [0, 0.05) is 16.7 Å². The summed E-state index contributed by atoms with van der Waals surface area (Å²) in [6.45, 7) is 41.9. The molecule has 8 bridgehead atoms. The van der Waals surface area contributed by atoms with E-state index in [0.717, 1.165) is 44.5 Å². The third kappa shape index (κ3) is 13.7. The minimum atomic E-state index is -0.448. The van der Waals surface area contributed by atoms with Crippen molar-refractivity contribution in [3.63, 3.8) is 0 Å². The van der Waals surface area contributed by atoms with Gasteiger partial charge in [-0.25, -0.2) is 29.9 Å². The molecule has 5 heterocycles. The SMILES string of the molecule is Cc1cccc(C)c1Oc1c(Cl)c(Cl)c2c3nc4nc(nc5[nH]c(nc6nc(nc([nH]3)c2c1Cl)-c1c(Cl)c(Cl)c(Oc2ccc(C(C)(C)C)cc2C(C)(C)C)c(Cl)c1-6)c1c(Cl)c(Cl)c(Oc2ccc(C(C)(C)C)cc2C(C)(C)C)c(Cl)c51)-c1c(Cl)c(Oc2ccc(C(C)(C)C)cc2C(C)(C)C)c(Cl)c(Cl)c1-4. The average molecular weight is 1660 g/mol. The van der Waals surface area contributed by atoms with Gasteiger partial charge in [0.1, 0.15) is 65.7 Å². The van der Waals surface area contributed by atoms with Gasteiger partial charge in [-0.2, -0.15) is 0 Å². The summed E-state index contributed by atoms with van der Waals surface area (Å²) in [4.78, 5) is 38.5. The maximum Gasteiger partial charge on any atom is 0.166 e. The first-order valence-electron chi connectivity index (χ1n) is 34.0. The molecule has 106 heavy (non-hydrogen) atoms. The summed E-state index contributed by atoms with van der Waals surface area (Å²) in [5, 5.41) is -0.0665. The van der Waals surface area contributed by atoms with E-state index >= 15 is 0 Å². The van der Waals surface area contributed by atoms with Crippen LogP contribution >= 0.6 is 139 Å². The zero-order chi connectivity index (χ0) is 77.4. The molecule has 550 valence electrons. The summed E-state index contributed by atoms with van der Waals surface area (Å²) in [6, 6.07) is 23.8. The van der Waals surface area contributed by atoms with E-state index in [4.69, 9.17) is 188 Å². The number of para-hydroxylation sites is 1. The molecule has 12 nitrogen and oxygen atoms in total. The maximum atomic E-state index is 7.89. The smallest absolute Gasteiger partial charge is 0.166 e. The first kappa shape index (κ1) is 77.9. The minimum Gasteiger partial charge on any atom is -0.454 e. The van der Waals surface area contributed by atoms with Gasteiger partial charge in [-0.1, -0.05) is 318 Å². The number of benzene rings is 8. The number of nitrogens with zero attached hydrogens (tertiary/aromatic N) is 6. The summed E-state index contributed by atoms with van der Waals surface area (Å²) >= 11 is 92.0. The Hall–Kier alpha value is -6.20. The number of halogens is 12. The first-order chi connectivity index (χ1) is 49.2. The van der Waals surface area contributed by atoms with Crippen LogP contribution in [0.3, 0.4) is 0 Å². The maximum absolute atomic E-state index is 7.89. The number of aromatic nitrogens is 8. The number of aryl methyl sites for hydroxylation is 2. The molecule has 0 radical (unpaired) electrons. The van der Waals surface area contributed by atoms with Crippen molar-refractivity contribution in [1.82, 2.24) is 39.9 Å². The van der Waals surface area contributed by atoms with Gasteiger partial charge in [-0.05, 0) is 92.4 Å². The van der Waals surface area contributed by atoms with E-state index in [1.165, 1.54) is 0 Å². The number of fused-ring (bicyclic) bond motifs is 20. The Labute approximate surface area is 676 Å². The lowest BCUT2D eigenvalue weighted by Crippen LogP contribution is -2.17. The van der Waals surface area contributed by atoms with E-state index in [1.807, 2.05) is 68.4 Å². The predicted octanol–water partition coefficient (Wildman–Crippen LogP) is 30.3. The normalized spacial score (nSPS) is 12.9. The van der Waals surface area contributed by atoms with Gasteiger partial charge in [0.15, 0.2) is 46.3 Å². The van der Waals surface area contributed by atoms with Gasteiger partial charge in [-0.3, -0.25) is 0 Å². The second kappa shape index (κ2) is 27.4. The Bertz CT molecular complexity index is 5790. The van der Waals surface area contributed by atoms with E-state index in [1.54, 1.807) is 0 Å². The monoisotopic (exact) mass is 1650 g/mol. The van der Waals surface area contributed by atoms with Crippen molar-refractivity contribution in [2.24, 2.45) is 0 Å². The summed E-state index contributed by atoms with van der Waals surface area (Å²) in [5.74, 6) is 1.52. The number of H-pyrrole nitrogens is 2. The lowest BCUT2D eigenvalue weighted by molar-refractivity contribution is 0.453. The number of hydrogen-bond donors (Lipinski definition) is 2. The second-order valence-corrected chi connectivity index (χ2v) is 37.5. The number of rotatable bonds is 8. The van der Waals surface area contributed by atoms with Gasteiger partial charge in [0.25, 0.3) is 0 Å². The van der Waals surface area contributed by atoms with E-state index < -0.39 is 16.2 Å². The standard InChI is InChI=1S/C82H74Cl12N8O4/c1-33-22-21-23-34(2)64(33)106-68-59(90)51-47(55(86)63(68)94)70-95-69-44-49(57(88)66(60(91)52(44)83)104-42-28-25-36(78(6,7)8)31-39(42)81(15,16)17)74(96-69)102-75-50-46(54(85)62(93)67(58(50)89)105-43-29-26-37(79(9,10)11)32-40(43)82(18,19)20)71(100-75)98-73-48-45(72(99-73)101-76(51)97-70)53(84)61(92)65(56(48)87)103-41-27-24-35(77(3,4)5)30-38(41)80(12,13)14/h21-32H,1-20H3,(H2,95,96,97,98,99,100,101,102). The van der Waals surface area contributed by atoms with Crippen LogP contribution in [0.2, 0.25) is 60.3 Å². The molecule has 2 aliphatic rings. The molecule has 24 heteroatoms. The fourth-order valence-corrected chi connectivity index (χ4v) is 16.5. The van der Waals surface area contributed by atoms with Gasteiger partial charge < -0.3 is 28.9 Å². The Morgan fingerprint density at radius 3 is 0.802 bits per heavy atom. The predicted molar refractivity (Wildman–Crippen MR) is 444 cm³/mol. The zero-order valence-corrected chi connectivity index (χ0v) is 70.9. The third-order valence-corrected chi connectivity index (χ3v) is 23.7. The van der Waals surface area contributed by atoms with Crippen LogP contribution in [0.4, 0.5) is 0 Å². The average Bonchev–Trinajstić information content (AvgIpc) is 1.55. The molecule has 8 aromatic carbocycles. The van der Waals surface area contributed by atoms with Gasteiger partial charge in [0.2, 0.25) is 0 Å². The van der Waals surface area contributed by atoms with Crippen LogP contribution in [0.25, 0.3) is 89.7 Å². The molecule has 2 N–H and O–H groups in total. The van der Waals surface area contributed by atoms with E-state index in [-0.39, 0.29) is 189 Å². The number of aromatic amines is 2. The highest BCUT2D eigenvalue weighted by Crippen LogP contribution is 2.59. The molecule has 13 rings (SSSR count). The van der Waals surface area contributed by atoms with Crippen molar-refractivity contribution in [3.8, 4) is 91.5 Å². The van der Waals surface area contributed by atoms with Crippen LogP contribution < -0.4 is 18.9 Å². The molecule has 2 aliphatic heterocycles. The molecule has 11 aromatic rings. The van der Waals surface area contributed by atoms with Crippen LogP contribution in [-0.4, -0.2) is 39.9 Å². The van der Waals surface area contributed by atoms with Crippen molar-refractivity contribution in [3.05, 3.63) is 178 Å². The zero-order valence-electron chi connectivity index (χ0n) is 61.8. The first-order valence-corrected chi connectivity index (χ1v) is 38.6. The van der Waals surface area contributed by atoms with Crippen LogP contribution in [0.1, 0.15) is 169 Å². The molecule has 0 atom stereocenters. The molecule has 0 amide bonds. The quantitative estimate of drug-likeness (QED) is 0.141. The fourth-order valence-electron chi connectivity index (χ4n) is 13.0. The highest BCUT2D eigenvalue weighted by molar-refractivity contribution is 6.53. The summed E-state index contributed by atoms with van der Waals surface area (Å²) in [7, 11) is 0. The number of ether oxygens (including phenoxy) is 4. The van der Waals surface area contributed by atoms with Crippen LogP contribution in [0.15, 0.2) is 72.8 Å². The summed E-state index contributed by atoms with van der Waals surface area (Å²) < 4.78 is 27.6. The summed E-state index contributed by atoms with van der Waals surface area (Å²) in [6.07, 6.45) is 0. The lowest BCUT2D eigenvalue weighted by Gasteiger charge is -2.27. The molecule has 0 fully saturated rings. The highest BCUT2D eigenvalue weighted by atomic mass is 35.5. The minimum absolute atomic E-state index is 0.00184. The Morgan fingerprint density at radius 1 is 0.264 bits per heavy atom. The van der Waals surface area contributed by atoms with Crippen LogP contribution in [0.5, 0.6) is 46.0 Å². The molecular formula is C82H74Cl12N8O4.